The molecule has 0 bridgehead atoms. The molecule has 5 heteroatoms. The summed E-state index contributed by atoms with van der Waals surface area (Å²) >= 11 is 0. The minimum absolute atomic E-state index is 0.131. The standard InChI is InChI=1S/C9H17FN2O2/c1-11-7(8(13)14)3-6-4-9(6,5-10)12-2/h6-7,11-12H,3-5H2,1-2H3,(H,13,14)/t6?,7-,9-/m0/s1. The van der Waals surface area contributed by atoms with Crippen LogP contribution in [0.1, 0.15) is 12.8 Å². The highest BCUT2D eigenvalue weighted by atomic mass is 19.1. The molecule has 0 aromatic heterocycles. The van der Waals surface area contributed by atoms with Gasteiger partial charge in [0, 0.05) is 5.54 Å². The van der Waals surface area contributed by atoms with E-state index in [1.54, 1.807) is 14.1 Å². The van der Waals surface area contributed by atoms with E-state index >= 15 is 0 Å². The summed E-state index contributed by atoms with van der Waals surface area (Å²) in [5.74, 6) is -0.741. The lowest BCUT2D eigenvalue weighted by molar-refractivity contribution is -0.139. The first kappa shape index (κ1) is 11.4. The highest BCUT2D eigenvalue weighted by molar-refractivity contribution is 5.73. The van der Waals surface area contributed by atoms with Crippen LogP contribution in [0.4, 0.5) is 4.39 Å². The highest BCUT2D eigenvalue weighted by Crippen LogP contribution is 2.46. The molecule has 1 rings (SSSR count). The Hall–Kier alpha value is -0.680. The molecule has 1 aliphatic rings. The minimum atomic E-state index is -0.872. The van der Waals surface area contributed by atoms with Gasteiger partial charge in [-0.05, 0) is 32.9 Å². The minimum Gasteiger partial charge on any atom is -0.480 e. The van der Waals surface area contributed by atoms with Crippen LogP contribution in [0.15, 0.2) is 0 Å². The molecule has 0 aliphatic heterocycles. The molecule has 3 atom stereocenters. The molecule has 1 fully saturated rings. The van der Waals surface area contributed by atoms with Crippen molar-refractivity contribution in [3.63, 3.8) is 0 Å². The van der Waals surface area contributed by atoms with E-state index < -0.39 is 24.2 Å². The molecule has 1 unspecified atom stereocenters. The SMILES string of the molecule is CN[C@@H](CC1C[C@@]1(CF)NC)C(=O)O. The normalized spacial score (nSPS) is 32.6. The maximum absolute atomic E-state index is 12.6. The van der Waals surface area contributed by atoms with E-state index in [1.807, 2.05) is 0 Å². The van der Waals surface area contributed by atoms with Gasteiger partial charge in [0.15, 0.2) is 0 Å². The van der Waals surface area contributed by atoms with Gasteiger partial charge >= 0.3 is 5.97 Å². The summed E-state index contributed by atoms with van der Waals surface area (Å²) in [4.78, 5) is 10.7. The fourth-order valence-electron chi connectivity index (χ4n) is 1.85. The maximum Gasteiger partial charge on any atom is 0.320 e. The van der Waals surface area contributed by atoms with Gasteiger partial charge < -0.3 is 15.7 Å². The van der Waals surface area contributed by atoms with Crippen LogP contribution in [-0.4, -0.2) is 43.4 Å². The molecule has 1 saturated carbocycles. The topological polar surface area (TPSA) is 61.4 Å². The molecule has 0 saturated heterocycles. The number of halogens is 1. The molecule has 0 radical (unpaired) electrons. The van der Waals surface area contributed by atoms with E-state index in [9.17, 15) is 9.18 Å². The van der Waals surface area contributed by atoms with Crippen LogP contribution < -0.4 is 10.6 Å². The fourth-order valence-corrected chi connectivity index (χ4v) is 1.85. The highest BCUT2D eigenvalue weighted by Gasteiger charge is 2.54. The number of hydrogen-bond acceptors (Lipinski definition) is 3. The average molecular weight is 204 g/mol. The second kappa shape index (κ2) is 4.23. The summed E-state index contributed by atoms with van der Waals surface area (Å²) in [6, 6.07) is -0.568. The number of alkyl halides is 1. The van der Waals surface area contributed by atoms with Crippen molar-refractivity contribution in [1.82, 2.24) is 10.6 Å². The second-order valence-electron chi connectivity index (χ2n) is 3.86. The first-order chi connectivity index (χ1) is 6.59. The maximum atomic E-state index is 12.6. The van der Waals surface area contributed by atoms with Crippen molar-refractivity contribution in [2.24, 2.45) is 5.92 Å². The van der Waals surface area contributed by atoms with E-state index in [2.05, 4.69) is 10.6 Å². The van der Waals surface area contributed by atoms with Crippen LogP contribution in [0, 0.1) is 5.92 Å². The van der Waals surface area contributed by atoms with Gasteiger partial charge in [-0.1, -0.05) is 0 Å². The Kier molecular flexibility index (Phi) is 3.44. The molecule has 1 aliphatic carbocycles. The van der Waals surface area contributed by atoms with E-state index in [0.717, 1.165) is 6.42 Å². The molecule has 0 aromatic carbocycles. The van der Waals surface area contributed by atoms with Crippen LogP contribution in [-0.2, 0) is 4.79 Å². The number of hydrogen-bond donors (Lipinski definition) is 3. The average Bonchev–Trinajstić information content (AvgIpc) is 2.88. The van der Waals surface area contributed by atoms with E-state index in [1.165, 1.54) is 0 Å². The van der Waals surface area contributed by atoms with Gasteiger partial charge in [0.2, 0.25) is 0 Å². The zero-order chi connectivity index (χ0) is 10.8. The number of carboxylic acids is 1. The molecule has 4 nitrogen and oxygen atoms in total. The van der Waals surface area contributed by atoms with Crippen LogP contribution in [0.5, 0.6) is 0 Å². The van der Waals surface area contributed by atoms with Crippen LogP contribution in [0.2, 0.25) is 0 Å². The first-order valence-electron chi connectivity index (χ1n) is 4.74. The molecule has 14 heavy (non-hydrogen) atoms. The molecular weight excluding hydrogens is 187 g/mol. The van der Waals surface area contributed by atoms with Gasteiger partial charge in [0.25, 0.3) is 0 Å². The summed E-state index contributed by atoms with van der Waals surface area (Å²) in [5, 5.41) is 14.4. The largest absolute Gasteiger partial charge is 0.480 e. The predicted octanol–water partition coefficient (Wildman–Crippen LogP) is -0.00330. The Bertz CT molecular complexity index is 219. The number of rotatable bonds is 6. The van der Waals surface area contributed by atoms with Crippen molar-refractivity contribution < 1.29 is 14.3 Å². The summed E-state index contributed by atoms with van der Waals surface area (Å²) < 4.78 is 12.6. The van der Waals surface area contributed by atoms with Crippen molar-refractivity contribution in [2.75, 3.05) is 20.8 Å². The molecular formula is C9H17FN2O2. The van der Waals surface area contributed by atoms with Gasteiger partial charge in [-0.15, -0.1) is 0 Å². The second-order valence-corrected chi connectivity index (χ2v) is 3.86. The summed E-state index contributed by atoms with van der Waals surface area (Å²) in [6.07, 6.45) is 1.21. The summed E-state index contributed by atoms with van der Waals surface area (Å²) in [6.45, 7) is -0.426. The Balaban J connectivity index is 2.44. The number of nitrogens with one attached hydrogen (secondary N) is 2. The lowest BCUT2D eigenvalue weighted by atomic mass is 10.1. The van der Waals surface area contributed by atoms with E-state index in [0.29, 0.717) is 6.42 Å². The fraction of sp³-hybridized carbons (Fsp3) is 0.889. The Morgan fingerprint density at radius 3 is 2.64 bits per heavy atom. The van der Waals surface area contributed by atoms with Crippen molar-refractivity contribution in [2.45, 2.75) is 24.4 Å². The molecule has 0 aromatic rings. The van der Waals surface area contributed by atoms with Crippen molar-refractivity contribution >= 4 is 5.97 Å². The van der Waals surface area contributed by atoms with Crippen molar-refractivity contribution in [1.29, 1.82) is 0 Å². The summed E-state index contributed by atoms with van der Waals surface area (Å²) in [5.41, 5.74) is -0.454. The number of likely N-dealkylation sites (N-methyl/N-ethyl adjacent to an activating group) is 1. The van der Waals surface area contributed by atoms with Crippen LogP contribution >= 0.6 is 0 Å². The monoisotopic (exact) mass is 204 g/mol. The Morgan fingerprint density at radius 2 is 2.36 bits per heavy atom. The third kappa shape index (κ3) is 2.04. The lowest BCUT2D eigenvalue weighted by Gasteiger charge is -2.15. The third-order valence-corrected chi connectivity index (χ3v) is 3.14. The molecule has 0 spiro atoms. The zero-order valence-corrected chi connectivity index (χ0v) is 8.51. The van der Waals surface area contributed by atoms with Crippen LogP contribution in [0.3, 0.4) is 0 Å². The van der Waals surface area contributed by atoms with Gasteiger partial charge in [-0.2, -0.15) is 0 Å². The number of aliphatic carboxylic acids is 1. The molecule has 0 amide bonds. The van der Waals surface area contributed by atoms with Gasteiger partial charge in [-0.25, -0.2) is 4.39 Å². The number of carbonyl (C=O) groups is 1. The quantitative estimate of drug-likeness (QED) is 0.570. The van der Waals surface area contributed by atoms with Gasteiger partial charge in [0.1, 0.15) is 12.7 Å². The van der Waals surface area contributed by atoms with Crippen molar-refractivity contribution in [3.8, 4) is 0 Å². The summed E-state index contributed by atoms with van der Waals surface area (Å²) in [7, 11) is 3.33. The Labute approximate surface area is 82.9 Å². The van der Waals surface area contributed by atoms with E-state index in [4.69, 9.17) is 5.11 Å². The third-order valence-electron chi connectivity index (χ3n) is 3.14. The van der Waals surface area contributed by atoms with Crippen molar-refractivity contribution in [3.05, 3.63) is 0 Å². The predicted molar refractivity (Wildman–Crippen MR) is 51.0 cm³/mol. The van der Waals surface area contributed by atoms with E-state index in [-0.39, 0.29) is 5.92 Å². The smallest absolute Gasteiger partial charge is 0.320 e. The molecule has 3 N–H and O–H groups in total. The lowest BCUT2D eigenvalue weighted by Crippen LogP contribution is -2.38. The zero-order valence-electron chi connectivity index (χ0n) is 8.51. The first-order valence-corrected chi connectivity index (χ1v) is 4.74. The Morgan fingerprint density at radius 1 is 1.71 bits per heavy atom. The molecule has 0 heterocycles. The molecule has 82 valence electrons. The number of carboxylic acid groups (broad SMARTS) is 1. The van der Waals surface area contributed by atoms with Gasteiger partial charge in [-0.3, -0.25) is 4.79 Å². The van der Waals surface area contributed by atoms with Gasteiger partial charge in [0.05, 0.1) is 0 Å². The van der Waals surface area contributed by atoms with Crippen LogP contribution in [0.25, 0.3) is 0 Å².